The van der Waals surface area contributed by atoms with E-state index in [0.29, 0.717) is 5.82 Å². The van der Waals surface area contributed by atoms with E-state index in [-0.39, 0.29) is 18.4 Å². The molecule has 2 aromatic heterocycles. The van der Waals surface area contributed by atoms with Crippen molar-refractivity contribution in [3.8, 4) is 11.3 Å². The second-order valence-corrected chi connectivity index (χ2v) is 8.20. The third-order valence-electron chi connectivity index (χ3n) is 5.38. The fraction of sp³-hybridized carbons (Fsp3) is 0.318. The van der Waals surface area contributed by atoms with Crippen LogP contribution in [-0.2, 0) is 21.5 Å². The summed E-state index contributed by atoms with van der Waals surface area (Å²) in [7, 11) is 3.40. The lowest BCUT2D eigenvalue weighted by atomic mass is 9.86. The molecule has 1 aliphatic heterocycles. The minimum atomic E-state index is -0.684. The van der Waals surface area contributed by atoms with Crippen molar-refractivity contribution >= 4 is 23.3 Å². The molecule has 3 heterocycles. The molecule has 0 aliphatic carbocycles. The van der Waals surface area contributed by atoms with Gasteiger partial charge in [-0.05, 0) is 32.4 Å². The highest BCUT2D eigenvalue weighted by molar-refractivity contribution is 6.12. The van der Waals surface area contributed by atoms with E-state index in [9.17, 15) is 9.59 Å². The number of likely N-dealkylation sites (N-methyl/N-ethyl adjacent to an activating group) is 1. The lowest BCUT2D eigenvalue weighted by molar-refractivity contribution is -0.129. The predicted octanol–water partition coefficient (Wildman–Crippen LogP) is 2.69. The van der Waals surface area contributed by atoms with Crippen LogP contribution in [0.15, 0.2) is 42.9 Å². The van der Waals surface area contributed by atoms with Gasteiger partial charge in [-0.3, -0.25) is 29.1 Å². The summed E-state index contributed by atoms with van der Waals surface area (Å²) in [6.45, 7) is 5.82. The lowest BCUT2D eigenvalue weighted by Gasteiger charge is -2.18. The Balaban J connectivity index is 1.75. The maximum atomic E-state index is 13.3. The Labute approximate surface area is 175 Å². The summed E-state index contributed by atoms with van der Waals surface area (Å²) in [4.78, 5) is 37.2. The second-order valence-electron chi connectivity index (χ2n) is 8.20. The molecule has 30 heavy (non-hydrogen) atoms. The molecule has 0 N–H and O–H groups in total. The van der Waals surface area contributed by atoms with Crippen LogP contribution in [0.1, 0.15) is 25.1 Å². The molecule has 8 heteroatoms. The molecular formula is C22H24N6O2. The molecule has 0 saturated heterocycles. The Kier molecular flexibility index (Phi) is 4.64. The molecule has 154 valence electrons. The molecule has 0 bridgehead atoms. The van der Waals surface area contributed by atoms with Crippen LogP contribution in [0, 0.1) is 6.92 Å². The van der Waals surface area contributed by atoms with Crippen LogP contribution in [0.5, 0.6) is 0 Å². The third-order valence-corrected chi connectivity index (χ3v) is 5.38. The van der Waals surface area contributed by atoms with Gasteiger partial charge in [-0.25, -0.2) is 0 Å². The van der Waals surface area contributed by atoms with E-state index in [1.807, 2.05) is 39.0 Å². The molecule has 0 atom stereocenters. The zero-order valence-corrected chi connectivity index (χ0v) is 17.7. The van der Waals surface area contributed by atoms with Crippen molar-refractivity contribution in [2.75, 3.05) is 19.0 Å². The average molecular weight is 404 g/mol. The average Bonchev–Trinajstić information content (AvgIpc) is 3.23. The van der Waals surface area contributed by atoms with E-state index in [1.165, 1.54) is 4.90 Å². The molecule has 0 radical (unpaired) electrons. The number of hydrogen-bond donors (Lipinski definition) is 0. The Bertz CT molecular complexity index is 1130. The first kappa shape index (κ1) is 19.8. The summed E-state index contributed by atoms with van der Waals surface area (Å²) >= 11 is 0. The minimum Gasteiger partial charge on any atom is -0.347 e. The fourth-order valence-electron chi connectivity index (χ4n) is 3.52. The monoisotopic (exact) mass is 404 g/mol. The minimum absolute atomic E-state index is 0.0613. The SMILES string of the molecule is Cc1cnc(-c2ccc3c(c2)N(c2ccn(CC(=O)N(C)C)n2)C(=O)C3(C)C)cn1. The number of fused-ring (bicyclic) bond motifs is 1. The molecule has 0 unspecified atom stereocenters. The normalized spacial score (nSPS) is 14.7. The number of carbonyl (C=O) groups excluding carboxylic acids is 2. The lowest BCUT2D eigenvalue weighted by Crippen LogP contribution is -2.33. The molecule has 2 amide bonds. The van der Waals surface area contributed by atoms with Gasteiger partial charge < -0.3 is 4.90 Å². The van der Waals surface area contributed by atoms with Crippen LogP contribution in [0.2, 0.25) is 0 Å². The van der Waals surface area contributed by atoms with Gasteiger partial charge in [-0.1, -0.05) is 12.1 Å². The van der Waals surface area contributed by atoms with E-state index in [1.54, 1.807) is 48.3 Å². The Morgan fingerprint density at radius 2 is 1.90 bits per heavy atom. The van der Waals surface area contributed by atoms with E-state index in [0.717, 1.165) is 28.2 Å². The molecule has 4 rings (SSSR count). The molecule has 1 aromatic carbocycles. The molecule has 0 spiro atoms. The maximum Gasteiger partial charge on any atom is 0.243 e. The number of aromatic nitrogens is 4. The molecule has 3 aromatic rings. The quantitative estimate of drug-likeness (QED) is 0.668. The van der Waals surface area contributed by atoms with Gasteiger partial charge in [-0.15, -0.1) is 0 Å². The molecular weight excluding hydrogens is 380 g/mol. The summed E-state index contributed by atoms with van der Waals surface area (Å²) in [5, 5.41) is 4.49. The van der Waals surface area contributed by atoms with Crippen molar-refractivity contribution in [3.63, 3.8) is 0 Å². The number of amides is 2. The number of nitrogens with zero attached hydrogens (tertiary/aromatic N) is 6. The first-order valence-corrected chi connectivity index (χ1v) is 9.70. The molecule has 0 saturated carbocycles. The number of benzene rings is 1. The van der Waals surface area contributed by atoms with Crippen molar-refractivity contribution in [3.05, 3.63) is 54.1 Å². The molecule has 0 fully saturated rings. The topological polar surface area (TPSA) is 84.2 Å². The smallest absolute Gasteiger partial charge is 0.243 e. The van der Waals surface area contributed by atoms with Gasteiger partial charge >= 0.3 is 0 Å². The summed E-state index contributed by atoms with van der Waals surface area (Å²) in [5.74, 6) is 0.359. The van der Waals surface area contributed by atoms with Crippen LogP contribution in [0.25, 0.3) is 11.3 Å². The number of rotatable bonds is 4. The Hall–Kier alpha value is -3.55. The first-order valence-electron chi connectivity index (χ1n) is 9.70. The van der Waals surface area contributed by atoms with Gasteiger partial charge in [0, 0.05) is 38.1 Å². The summed E-state index contributed by atoms with van der Waals surface area (Å²) in [6.07, 6.45) is 5.16. The van der Waals surface area contributed by atoms with E-state index < -0.39 is 5.41 Å². The highest BCUT2D eigenvalue weighted by Gasteiger charge is 2.45. The standard InChI is InChI=1S/C22H24N6O2/c1-14-11-24-17(12-23-14)15-6-7-16-18(10-15)28(21(30)22(16,2)3)19-8-9-27(25-19)13-20(29)26(4)5/h6-12H,13H2,1-5H3. The number of hydrogen-bond acceptors (Lipinski definition) is 5. The van der Waals surface area contributed by atoms with Gasteiger partial charge in [0.2, 0.25) is 11.8 Å². The van der Waals surface area contributed by atoms with E-state index in [2.05, 4.69) is 15.1 Å². The van der Waals surface area contributed by atoms with Crippen molar-refractivity contribution < 1.29 is 9.59 Å². The van der Waals surface area contributed by atoms with Crippen LogP contribution < -0.4 is 4.90 Å². The fourth-order valence-corrected chi connectivity index (χ4v) is 3.52. The van der Waals surface area contributed by atoms with Crippen molar-refractivity contribution in [2.45, 2.75) is 32.7 Å². The van der Waals surface area contributed by atoms with Crippen molar-refractivity contribution in [1.29, 1.82) is 0 Å². The number of anilines is 2. The maximum absolute atomic E-state index is 13.3. The van der Waals surface area contributed by atoms with Crippen molar-refractivity contribution in [2.24, 2.45) is 0 Å². The zero-order chi connectivity index (χ0) is 21.6. The van der Waals surface area contributed by atoms with Crippen LogP contribution in [0.3, 0.4) is 0 Å². The number of aryl methyl sites for hydroxylation is 1. The molecule has 1 aliphatic rings. The zero-order valence-electron chi connectivity index (χ0n) is 17.7. The Morgan fingerprint density at radius 1 is 1.13 bits per heavy atom. The van der Waals surface area contributed by atoms with Gasteiger partial charge in [0.05, 0.1) is 28.7 Å². The third kappa shape index (κ3) is 3.24. The van der Waals surface area contributed by atoms with Crippen LogP contribution in [0.4, 0.5) is 11.5 Å². The summed E-state index contributed by atoms with van der Waals surface area (Å²) in [6, 6.07) is 7.64. The largest absolute Gasteiger partial charge is 0.347 e. The summed E-state index contributed by atoms with van der Waals surface area (Å²) in [5.41, 5.74) is 3.47. The van der Waals surface area contributed by atoms with Crippen molar-refractivity contribution in [1.82, 2.24) is 24.6 Å². The number of carbonyl (C=O) groups is 2. The second kappa shape index (κ2) is 7.05. The van der Waals surface area contributed by atoms with Gasteiger partial charge in [0.25, 0.3) is 0 Å². The molecule has 8 nitrogen and oxygen atoms in total. The van der Waals surface area contributed by atoms with Crippen LogP contribution in [-0.4, -0.2) is 50.6 Å². The van der Waals surface area contributed by atoms with E-state index >= 15 is 0 Å². The van der Waals surface area contributed by atoms with Gasteiger partial charge in [0.1, 0.15) is 6.54 Å². The first-order chi connectivity index (χ1) is 14.2. The highest BCUT2D eigenvalue weighted by atomic mass is 16.2. The van der Waals surface area contributed by atoms with E-state index in [4.69, 9.17) is 0 Å². The predicted molar refractivity (Wildman–Crippen MR) is 113 cm³/mol. The Morgan fingerprint density at radius 3 is 2.57 bits per heavy atom. The summed E-state index contributed by atoms with van der Waals surface area (Å²) < 4.78 is 1.55. The van der Waals surface area contributed by atoms with Gasteiger partial charge in [-0.2, -0.15) is 5.10 Å². The van der Waals surface area contributed by atoms with Crippen LogP contribution >= 0.6 is 0 Å². The van der Waals surface area contributed by atoms with Gasteiger partial charge in [0.15, 0.2) is 5.82 Å². The highest BCUT2D eigenvalue weighted by Crippen LogP contribution is 2.46.